The van der Waals surface area contributed by atoms with E-state index in [1.54, 1.807) is 7.05 Å². The molecule has 0 amide bonds. The molecule has 0 aromatic heterocycles. The molecule has 4 heteroatoms. The molecule has 2 rings (SSSR count). The molecule has 0 aliphatic rings. The van der Waals surface area contributed by atoms with Crippen molar-refractivity contribution in [3.05, 3.63) is 71.3 Å². The quantitative estimate of drug-likeness (QED) is 0.657. The Hall–Kier alpha value is -2.80. The van der Waals surface area contributed by atoms with Crippen LogP contribution in [0.15, 0.2) is 59.6 Å². The van der Waals surface area contributed by atoms with Crippen LogP contribution in [0.1, 0.15) is 30.5 Å². The number of nitrogens with zero attached hydrogens (tertiary/aromatic N) is 2. The van der Waals surface area contributed by atoms with E-state index >= 15 is 0 Å². The van der Waals surface area contributed by atoms with Crippen molar-refractivity contribution in [2.75, 3.05) is 13.6 Å². The monoisotopic (exact) mass is 320 g/mol. The van der Waals surface area contributed by atoms with Gasteiger partial charge in [-0.25, -0.2) is 0 Å². The number of nitriles is 1. The third-order valence-electron chi connectivity index (χ3n) is 4.02. The van der Waals surface area contributed by atoms with Crippen molar-refractivity contribution in [2.24, 2.45) is 4.99 Å². The van der Waals surface area contributed by atoms with Crippen LogP contribution in [0.4, 0.5) is 0 Å². The van der Waals surface area contributed by atoms with Crippen molar-refractivity contribution in [3.63, 3.8) is 0 Å². The Bertz CT molecular complexity index is 710. The van der Waals surface area contributed by atoms with E-state index in [-0.39, 0.29) is 5.41 Å². The van der Waals surface area contributed by atoms with Crippen molar-refractivity contribution in [2.45, 2.75) is 25.8 Å². The van der Waals surface area contributed by atoms with E-state index in [1.165, 1.54) is 5.56 Å². The molecule has 0 fully saturated rings. The lowest BCUT2D eigenvalue weighted by Gasteiger charge is -2.26. The molecule has 0 saturated heterocycles. The minimum Gasteiger partial charge on any atom is -0.356 e. The van der Waals surface area contributed by atoms with Crippen LogP contribution in [0.5, 0.6) is 0 Å². The smallest absolute Gasteiger partial charge is 0.191 e. The molecule has 2 aromatic rings. The molecule has 0 aliphatic carbocycles. The van der Waals surface area contributed by atoms with Gasteiger partial charge in [-0.1, -0.05) is 56.3 Å². The second-order valence-corrected chi connectivity index (χ2v) is 6.34. The average Bonchev–Trinajstić information content (AvgIpc) is 2.63. The molecule has 0 atom stereocenters. The van der Waals surface area contributed by atoms with Gasteiger partial charge < -0.3 is 10.6 Å². The van der Waals surface area contributed by atoms with Crippen LogP contribution in [-0.4, -0.2) is 19.6 Å². The Balaban J connectivity index is 1.89. The van der Waals surface area contributed by atoms with Gasteiger partial charge in [-0.3, -0.25) is 4.99 Å². The topological polar surface area (TPSA) is 60.2 Å². The zero-order valence-electron chi connectivity index (χ0n) is 14.5. The predicted molar refractivity (Wildman–Crippen MR) is 98.8 cm³/mol. The first-order chi connectivity index (χ1) is 11.5. The van der Waals surface area contributed by atoms with Gasteiger partial charge in [0.2, 0.25) is 0 Å². The van der Waals surface area contributed by atoms with Crippen LogP contribution in [0.3, 0.4) is 0 Å². The van der Waals surface area contributed by atoms with Gasteiger partial charge in [0.05, 0.1) is 11.6 Å². The number of nitrogens with one attached hydrogen (secondary N) is 2. The highest BCUT2D eigenvalue weighted by Crippen LogP contribution is 2.21. The molecule has 124 valence electrons. The lowest BCUT2D eigenvalue weighted by atomic mass is 9.85. The molecule has 0 unspecified atom stereocenters. The first kappa shape index (κ1) is 17.6. The Labute approximate surface area is 144 Å². The van der Waals surface area contributed by atoms with Crippen molar-refractivity contribution < 1.29 is 0 Å². The highest BCUT2D eigenvalue weighted by atomic mass is 15.2. The van der Waals surface area contributed by atoms with Crippen LogP contribution in [-0.2, 0) is 12.0 Å². The van der Waals surface area contributed by atoms with Crippen LogP contribution in [0.2, 0.25) is 0 Å². The summed E-state index contributed by atoms with van der Waals surface area (Å²) in [6.45, 7) is 5.87. The second kappa shape index (κ2) is 8.16. The van der Waals surface area contributed by atoms with Crippen LogP contribution < -0.4 is 10.6 Å². The zero-order chi connectivity index (χ0) is 17.4. The van der Waals surface area contributed by atoms with E-state index in [2.05, 4.69) is 59.8 Å². The Morgan fingerprint density at radius 2 is 1.71 bits per heavy atom. The highest BCUT2D eigenvalue weighted by Gasteiger charge is 2.20. The maximum Gasteiger partial charge on any atom is 0.191 e. The van der Waals surface area contributed by atoms with E-state index < -0.39 is 0 Å². The fraction of sp³-hybridized carbons (Fsp3) is 0.300. The maximum absolute atomic E-state index is 8.83. The summed E-state index contributed by atoms with van der Waals surface area (Å²) in [5.41, 5.74) is 3.08. The van der Waals surface area contributed by atoms with Crippen molar-refractivity contribution >= 4 is 5.96 Å². The predicted octanol–water partition coefficient (Wildman–Crippen LogP) is 3.20. The Kier molecular flexibility index (Phi) is 5.97. The van der Waals surface area contributed by atoms with Gasteiger partial charge in [0.25, 0.3) is 0 Å². The number of hydrogen-bond acceptors (Lipinski definition) is 2. The van der Waals surface area contributed by atoms with Crippen LogP contribution in [0, 0.1) is 11.3 Å². The maximum atomic E-state index is 8.83. The molecule has 0 aliphatic heterocycles. The standard InChI is InChI=1S/C20H24N4/c1-20(2,18-7-5-4-6-8-18)15-24-19(22-3)23-14-17-11-9-16(13-21)10-12-17/h4-12H,14-15H2,1-3H3,(H2,22,23,24). The lowest BCUT2D eigenvalue weighted by Crippen LogP contribution is -2.43. The summed E-state index contributed by atoms with van der Waals surface area (Å²) in [6.07, 6.45) is 0. The molecule has 0 radical (unpaired) electrons. The third kappa shape index (κ3) is 4.85. The highest BCUT2D eigenvalue weighted by molar-refractivity contribution is 5.79. The number of hydrogen-bond donors (Lipinski definition) is 2. The second-order valence-electron chi connectivity index (χ2n) is 6.34. The molecule has 2 aromatic carbocycles. The van der Waals surface area contributed by atoms with E-state index in [9.17, 15) is 0 Å². The molecule has 0 saturated carbocycles. The summed E-state index contributed by atoms with van der Waals surface area (Å²) in [7, 11) is 1.77. The van der Waals surface area contributed by atoms with Gasteiger partial charge in [0.15, 0.2) is 5.96 Å². The number of rotatable bonds is 5. The summed E-state index contributed by atoms with van der Waals surface area (Å²) < 4.78 is 0. The molecular formula is C20H24N4. The van der Waals surface area contributed by atoms with Gasteiger partial charge in [0, 0.05) is 25.6 Å². The molecule has 4 nitrogen and oxygen atoms in total. The fourth-order valence-corrected chi connectivity index (χ4v) is 2.40. The number of guanidine groups is 1. The van der Waals surface area contributed by atoms with Gasteiger partial charge in [-0.15, -0.1) is 0 Å². The Morgan fingerprint density at radius 3 is 2.29 bits per heavy atom. The molecular weight excluding hydrogens is 296 g/mol. The SMILES string of the molecule is CN=C(NCc1ccc(C#N)cc1)NCC(C)(C)c1ccccc1. The fourth-order valence-electron chi connectivity index (χ4n) is 2.40. The van der Waals surface area contributed by atoms with Crippen LogP contribution >= 0.6 is 0 Å². The number of benzene rings is 2. The minimum absolute atomic E-state index is 0.00727. The van der Waals surface area contributed by atoms with E-state index in [1.807, 2.05) is 30.3 Å². The van der Waals surface area contributed by atoms with E-state index in [4.69, 9.17) is 5.26 Å². The summed E-state index contributed by atoms with van der Waals surface area (Å²) in [6, 6.07) is 20.1. The average molecular weight is 320 g/mol. The summed E-state index contributed by atoms with van der Waals surface area (Å²) in [5, 5.41) is 15.5. The molecule has 0 heterocycles. The lowest BCUT2D eigenvalue weighted by molar-refractivity contribution is 0.508. The molecule has 0 bridgehead atoms. The van der Waals surface area contributed by atoms with Gasteiger partial charge in [0.1, 0.15) is 0 Å². The third-order valence-corrected chi connectivity index (χ3v) is 4.02. The largest absolute Gasteiger partial charge is 0.356 e. The van der Waals surface area contributed by atoms with Crippen molar-refractivity contribution in [1.29, 1.82) is 5.26 Å². The summed E-state index contributed by atoms with van der Waals surface area (Å²) in [4.78, 5) is 4.28. The Morgan fingerprint density at radius 1 is 1.04 bits per heavy atom. The minimum atomic E-state index is 0.00727. The normalized spacial score (nSPS) is 11.7. The zero-order valence-corrected chi connectivity index (χ0v) is 14.5. The van der Waals surface area contributed by atoms with Crippen molar-refractivity contribution in [1.82, 2.24) is 10.6 Å². The van der Waals surface area contributed by atoms with E-state index in [0.29, 0.717) is 12.1 Å². The molecule has 0 spiro atoms. The van der Waals surface area contributed by atoms with Gasteiger partial charge in [-0.2, -0.15) is 5.26 Å². The van der Waals surface area contributed by atoms with E-state index in [0.717, 1.165) is 18.1 Å². The van der Waals surface area contributed by atoms with Gasteiger partial charge in [-0.05, 0) is 23.3 Å². The number of aliphatic imine (C=N–C) groups is 1. The molecule has 24 heavy (non-hydrogen) atoms. The summed E-state index contributed by atoms with van der Waals surface area (Å²) >= 11 is 0. The van der Waals surface area contributed by atoms with Crippen molar-refractivity contribution in [3.8, 4) is 6.07 Å². The molecule has 2 N–H and O–H groups in total. The van der Waals surface area contributed by atoms with Gasteiger partial charge >= 0.3 is 0 Å². The first-order valence-electron chi connectivity index (χ1n) is 8.04. The summed E-state index contributed by atoms with van der Waals surface area (Å²) in [5.74, 6) is 0.767. The van der Waals surface area contributed by atoms with Crippen LogP contribution in [0.25, 0.3) is 0 Å². The first-order valence-corrected chi connectivity index (χ1v) is 8.04.